The molecule has 0 aromatic carbocycles. The second kappa shape index (κ2) is 4.53. The predicted molar refractivity (Wildman–Crippen MR) is 68.4 cm³/mol. The summed E-state index contributed by atoms with van der Waals surface area (Å²) in [6.45, 7) is 0.758. The topological polar surface area (TPSA) is 67.1 Å². The van der Waals surface area contributed by atoms with Crippen LogP contribution in [-0.2, 0) is 7.05 Å². The molecule has 96 valence electrons. The maximum absolute atomic E-state index is 9.24. The summed E-state index contributed by atoms with van der Waals surface area (Å²) in [5, 5.41) is 14.4. The van der Waals surface area contributed by atoms with E-state index in [0.717, 1.165) is 16.9 Å². The number of aliphatic hydroxyl groups excluding tert-OH is 1. The molecular weight excluding hydrogens is 230 g/mol. The quantitative estimate of drug-likeness (QED) is 0.862. The van der Waals surface area contributed by atoms with Crippen molar-refractivity contribution in [1.29, 1.82) is 0 Å². The van der Waals surface area contributed by atoms with Crippen molar-refractivity contribution in [2.75, 3.05) is 18.1 Å². The third-order valence-electron chi connectivity index (χ3n) is 3.64. The molecule has 0 aliphatic heterocycles. The fraction of sp³-hybridized carbons (Fsp3) is 0.583. The van der Waals surface area contributed by atoms with Crippen molar-refractivity contribution in [3.63, 3.8) is 0 Å². The Hall–Kier alpha value is -1.69. The van der Waals surface area contributed by atoms with Gasteiger partial charge in [-0.1, -0.05) is 0 Å². The molecule has 1 aliphatic rings. The van der Waals surface area contributed by atoms with Crippen molar-refractivity contribution < 1.29 is 5.11 Å². The van der Waals surface area contributed by atoms with Crippen LogP contribution in [0.4, 0.5) is 5.82 Å². The van der Waals surface area contributed by atoms with Crippen LogP contribution in [0.15, 0.2) is 12.5 Å². The lowest BCUT2D eigenvalue weighted by Gasteiger charge is -2.38. The first-order valence-electron chi connectivity index (χ1n) is 6.31. The van der Waals surface area contributed by atoms with Crippen LogP contribution in [0.5, 0.6) is 0 Å². The van der Waals surface area contributed by atoms with Crippen LogP contribution in [0.3, 0.4) is 0 Å². The molecule has 1 fully saturated rings. The molecule has 1 aliphatic carbocycles. The first-order valence-corrected chi connectivity index (χ1v) is 6.31. The van der Waals surface area contributed by atoms with Crippen molar-refractivity contribution in [2.45, 2.75) is 25.3 Å². The van der Waals surface area contributed by atoms with Gasteiger partial charge in [-0.15, -0.1) is 0 Å². The predicted octanol–water partition coefficient (Wildman–Crippen LogP) is 0.714. The molecule has 0 spiro atoms. The Morgan fingerprint density at radius 3 is 2.94 bits per heavy atom. The van der Waals surface area contributed by atoms with Crippen LogP contribution in [0.25, 0.3) is 11.0 Å². The zero-order valence-electron chi connectivity index (χ0n) is 10.5. The van der Waals surface area contributed by atoms with Crippen LogP contribution < -0.4 is 4.90 Å². The van der Waals surface area contributed by atoms with E-state index in [-0.39, 0.29) is 6.61 Å². The molecule has 1 N–H and O–H groups in total. The number of anilines is 1. The van der Waals surface area contributed by atoms with E-state index in [4.69, 9.17) is 0 Å². The number of aryl methyl sites for hydroxylation is 1. The third-order valence-corrected chi connectivity index (χ3v) is 3.64. The van der Waals surface area contributed by atoms with Gasteiger partial charge in [-0.2, -0.15) is 5.10 Å². The molecule has 0 radical (unpaired) electrons. The minimum Gasteiger partial charge on any atom is -0.395 e. The van der Waals surface area contributed by atoms with Gasteiger partial charge in [0.15, 0.2) is 5.65 Å². The van der Waals surface area contributed by atoms with Crippen molar-refractivity contribution >= 4 is 16.9 Å². The van der Waals surface area contributed by atoms with Gasteiger partial charge in [-0.3, -0.25) is 4.68 Å². The summed E-state index contributed by atoms with van der Waals surface area (Å²) in [4.78, 5) is 10.8. The molecule has 2 heterocycles. The first-order chi connectivity index (χ1) is 8.81. The van der Waals surface area contributed by atoms with E-state index in [1.54, 1.807) is 17.2 Å². The maximum Gasteiger partial charge on any atom is 0.163 e. The van der Waals surface area contributed by atoms with Gasteiger partial charge in [-0.05, 0) is 19.3 Å². The molecule has 0 atom stereocenters. The van der Waals surface area contributed by atoms with E-state index < -0.39 is 0 Å². The van der Waals surface area contributed by atoms with Gasteiger partial charge in [0.2, 0.25) is 0 Å². The Morgan fingerprint density at radius 2 is 2.28 bits per heavy atom. The number of hydrogen-bond donors (Lipinski definition) is 1. The summed E-state index contributed by atoms with van der Waals surface area (Å²) in [6, 6.07) is 0.496. The lowest BCUT2D eigenvalue weighted by atomic mass is 9.91. The zero-order chi connectivity index (χ0) is 12.5. The molecule has 2 aromatic rings. The Bertz CT molecular complexity index is 548. The van der Waals surface area contributed by atoms with E-state index in [9.17, 15) is 5.11 Å². The highest BCUT2D eigenvalue weighted by atomic mass is 16.3. The van der Waals surface area contributed by atoms with Crippen molar-refractivity contribution in [1.82, 2.24) is 19.7 Å². The Kier molecular flexibility index (Phi) is 2.87. The van der Waals surface area contributed by atoms with E-state index >= 15 is 0 Å². The van der Waals surface area contributed by atoms with Crippen LogP contribution in [0.2, 0.25) is 0 Å². The fourth-order valence-electron chi connectivity index (χ4n) is 2.45. The Labute approximate surface area is 105 Å². The number of rotatable bonds is 4. The number of nitrogens with zero attached hydrogens (tertiary/aromatic N) is 5. The first kappa shape index (κ1) is 11.4. The summed E-state index contributed by atoms with van der Waals surface area (Å²) in [6.07, 6.45) is 6.97. The molecule has 1 saturated carbocycles. The summed E-state index contributed by atoms with van der Waals surface area (Å²) < 4.78 is 1.75. The van der Waals surface area contributed by atoms with Crippen molar-refractivity contribution in [2.24, 2.45) is 7.05 Å². The van der Waals surface area contributed by atoms with Gasteiger partial charge in [0, 0.05) is 19.6 Å². The lowest BCUT2D eigenvalue weighted by Crippen LogP contribution is -2.42. The van der Waals surface area contributed by atoms with E-state index in [2.05, 4.69) is 20.0 Å². The number of aliphatic hydroxyl groups is 1. The molecule has 2 aromatic heterocycles. The van der Waals surface area contributed by atoms with Gasteiger partial charge in [-0.25, -0.2) is 9.97 Å². The molecule has 6 heteroatoms. The zero-order valence-corrected chi connectivity index (χ0v) is 10.5. The number of fused-ring (bicyclic) bond motifs is 1. The summed E-state index contributed by atoms with van der Waals surface area (Å²) in [5.74, 6) is 0.895. The minimum absolute atomic E-state index is 0.141. The third kappa shape index (κ3) is 1.73. The normalized spacial score (nSPS) is 15.9. The minimum atomic E-state index is 0.141. The van der Waals surface area contributed by atoms with Gasteiger partial charge in [0.1, 0.15) is 12.1 Å². The summed E-state index contributed by atoms with van der Waals surface area (Å²) >= 11 is 0. The van der Waals surface area contributed by atoms with Gasteiger partial charge in [0.05, 0.1) is 18.2 Å². The Morgan fingerprint density at radius 1 is 1.44 bits per heavy atom. The molecule has 0 saturated heterocycles. The average Bonchev–Trinajstić information content (AvgIpc) is 2.69. The highest BCUT2D eigenvalue weighted by molar-refractivity contribution is 5.86. The monoisotopic (exact) mass is 247 g/mol. The van der Waals surface area contributed by atoms with E-state index in [1.807, 2.05) is 7.05 Å². The van der Waals surface area contributed by atoms with Crippen LogP contribution >= 0.6 is 0 Å². The van der Waals surface area contributed by atoms with Gasteiger partial charge >= 0.3 is 0 Å². The smallest absolute Gasteiger partial charge is 0.163 e. The van der Waals surface area contributed by atoms with Crippen LogP contribution in [0.1, 0.15) is 19.3 Å². The largest absolute Gasteiger partial charge is 0.395 e. The van der Waals surface area contributed by atoms with E-state index in [1.165, 1.54) is 19.3 Å². The molecule has 3 rings (SSSR count). The summed E-state index contributed by atoms with van der Waals surface area (Å²) in [5.41, 5.74) is 0.835. The molecule has 0 amide bonds. The SMILES string of the molecule is Cn1ncc2c(N(CCO)C3CCC3)ncnc21. The molecule has 6 nitrogen and oxygen atoms in total. The second-order valence-corrected chi connectivity index (χ2v) is 4.70. The fourth-order valence-corrected chi connectivity index (χ4v) is 2.45. The lowest BCUT2D eigenvalue weighted by molar-refractivity contribution is 0.283. The molecule has 18 heavy (non-hydrogen) atoms. The highest BCUT2D eigenvalue weighted by Gasteiger charge is 2.27. The maximum atomic E-state index is 9.24. The number of aromatic nitrogens is 4. The van der Waals surface area contributed by atoms with E-state index in [0.29, 0.717) is 12.6 Å². The molecular formula is C12H17N5O. The standard InChI is InChI=1S/C12H17N5O/c1-16-11-10(7-15-16)12(14-8-13-11)17(5-6-18)9-3-2-4-9/h7-9,18H,2-6H2,1H3. The van der Waals surface area contributed by atoms with Crippen LogP contribution in [-0.4, -0.2) is 44.0 Å². The van der Waals surface area contributed by atoms with Crippen molar-refractivity contribution in [3.8, 4) is 0 Å². The van der Waals surface area contributed by atoms with Crippen molar-refractivity contribution in [3.05, 3.63) is 12.5 Å². The second-order valence-electron chi connectivity index (χ2n) is 4.70. The Balaban J connectivity index is 2.04. The highest BCUT2D eigenvalue weighted by Crippen LogP contribution is 2.31. The van der Waals surface area contributed by atoms with Gasteiger partial charge in [0.25, 0.3) is 0 Å². The van der Waals surface area contributed by atoms with Gasteiger partial charge < -0.3 is 10.0 Å². The summed E-state index contributed by atoms with van der Waals surface area (Å²) in [7, 11) is 1.87. The van der Waals surface area contributed by atoms with Crippen LogP contribution in [0, 0.1) is 0 Å². The molecule has 0 bridgehead atoms. The number of hydrogen-bond acceptors (Lipinski definition) is 5. The average molecular weight is 247 g/mol. The molecule has 0 unspecified atom stereocenters.